The average Bonchev–Trinajstić information content (AvgIpc) is 3.16. The lowest BCUT2D eigenvalue weighted by atomic mass is 9.96. The summed E-state index contributed by atoms with van der Waals surface area (Å²) in [6.45, 7) is 1.14. The van der Waals surface area contributed by atoms with E-state index in [1.165, 1.54) is 30.6 Å². The maximum atomic E-state index is 13.4. The van der Waals surface area contributed by atoms with Crippen LogP contribution in [0.15, 0.2) is 54.4 Å². The molecule has 6 nitrogen and oxygen atoms in total. The Hall–Kier alpha value is -3.15. The van der Waals surface area contributed by atoms with Crippen molar-refractivity contribution in [2.24, 2.45) is 11.6 Å². The molecule has 0 aliphatic heterocycles. The van der Waals surface area contributed by atoms with E-state index < -0.39 is 35.7 Å². The summed E-state index contributed by atoms with van der Waals surface area (Å²) in [5, 5.41) is 11.6. The molecule has 0 saturated heterocycles. The highest BCUT2D eigenvalue weighted by atomic mass is 32.1. The zero-order valence-corrected chi connectivity index (χ0v) is 19.1. The maximum absolute atomic E-state index is 13.4. The van der Waals surface area contributed by atoms with Crippen LogP contribution in [-0.2, 0) is 11.3 Å². The van der Waals surface area contributed by atoms with Crippen LogP contribution < -0.4 is 11.6 Å². The molecule has 5 N–H and O–H groups in total. The zero-order chi connectivity index (χ0) is 25.3. The van der Waals surface area contributed by atoms with Gasteiger partial charge < -0.3 is 20.6 Å². The molecule has 3 aromatic rings. The highest BCUT2D eigenvalue weighted by molar-refractivity contribution is 7.21. The van der Waals surface area contributed by atoms with E-state index in [2.05, 4.69) is 0 Å². The average molecular weight is 498 g/mol. The summed E-state index contributed by atoms with van der Waals surface area (Å²) in [4.78, 5) is 12.7. The number of ether oxygens (including phenoxy) is 1. The lowest BCUT2D eigenvalue weighted by Crippen LogP contribution is -2.49. The highest BCUT2D eigenvalue weighted by Gasteiger charge is 2.54. The second-order valence-electron chi connectivity index (χ2n) is 7.60. The molecule has 182 valence electrons. The Morgan fingerprint density at radius 3 is 2.41 bits per heavy atom. The normalized spacial score (nSPS) is 14.2. The van der Waals surface area contributed by atoms with Crippen LogP contribution in [0, 0.1) is 5.82 Å². The van der Waals surface area contributed by atoms with Gasteiger partial charge in [-0.2, -0.15) is 13.2 Å². The molecule has 0 bridgehead atoms. The van der Waals surface area contributed by atoms with Gasteiger partial charge in [0.05, 0.1) is 19.4 Å². The minimum atomic E-state index is -4.96. The van der Waals surface area contributed by atoms with E-state index in [0.717, 1.165) is 23.5 Å². The van der Waals surface area contributed by atoms with Crippen LogP contribution in [0.1, 0.15) is 28.6 Å². The fourth-order valence-corrected chi connectivity index (χ4v) is 4.70. The monoisotopic (exact) mass is 497 g/mol. The Morgan fingerprint density at radius 1 is 1.21 bits per heavy atom. The van der Waals surface area contributed by atoms with Crippen molar-refractivity contribution in [2.45, 2.75) is 31.7 Å². The Morgan fingerprint density at radius 2 is 1.85 bits per heavy atom. The molecule has 1 aromatic heterocycles. The van der Waals surface area contributed by atoms with Crippen molar-refractivity contribution in [1.82, 2.24) is 5.01 Å². The highest BCUT2D eigenvalue weighted by Crippen LogP contribution is 2.40. The van der Waals surface area contributed by atoms with Crippen LogP contribution in [0.5, 0.6) is 0 Å². The predicted molar refractivity (Wildman–Crippen MR) is 122 cm³/mol. The number of rotatable bonds is 7. The minimum Gasteiger partial charge on any atom is -0.465 e. The van der Waals surface area contributed by atoms with Gasteiger partial charge in [0.1, 0.15) is 10.7 Å². The Balaban J connectivity index is 1.97. The summed E-state index contributed by atoms with van der Waals surface area (Å²) in [7, 11) is 1.26. The molecule has 1 unspecified atom stereocenters. The van der Waals surface area contributed by atoms with Crippen molar-refractivity contribution in [1.29, 1.82) is 0 Å². The van der Waals surface area contributed by atoms with Gasteiger partial charge >= 0.3 is 12.1 Å². The van der Waals surface area contributed by atoms with Gasteiger partial charge in [0.25, 0.3) is 0 Å². The smallest absolute Gasteiger partial charge is 0.422 e. The number of carbonyl (C=O) groups is 1. The quantitative estimate of drug-likeness (QED) is 0.190. The standard InChI is InChI=1S/C23H23F4N3O3S/c1-3-22(32,23(25,26)27)18(28)12-30(29)11-13-4-9-16-17(10-13)34-20(21(31)33-2)19(16)14-5-7-15(24)8-6-14/h4-10,12,32H,3,11,28-29H2,1-2H3/b18-12-. The molecule has 34 heavy (non-hydrogen) atoms. The third-order valence-electron chi connectivity index (χ3n) is 5.39. The molecule has 1 heterocycles. The molecule has 0 aliphatic carbocycles. The summed E-state index contributed by atoms with van der Waals surface area (Å²) >= 11 is 1.17. The number of hydrogen-bond acceptors (Lipinski definition) is 7. The third kappa shape index (κ3) is 4.86. The Bertz CT molecular complexity index is 1220. The molecule has 0 saturated carbocycles. The number of fused-ring (bicyclic) bond motifs is 1. The van der Waals surface area contributed by atoms with Crippen molar-refractivity contribution >= 4 is 27.4 Å². The minimum absolute atomic E-state index is 0.0222. The van der Waals surface area contributed by atoms with Crippen LogP contribution in [0.3, 0.4) is 0 Å². The van der Waals surface area contributed by atoms with Gasteiger partial charge in [0.15, 0.2) is 0 Å². The zero-order valence-electron chi connectivity index (χ0n) is 18.3. The van der Waals surface area contributed by atoms with E-state index >= 15 is 0 Å². The number of alkyl halides is 3. The number of nitrogens with two attached hydrogens (primary N) is 2. The molecule has 11 heteroatoms. The molecule has 0 spiro atoms. The van der Waals surface area contributed by atoms with E-state index in [1.54, 1.807) is 30.3 Å². The van der Waals surface area contributed by atoms with Crippen LogP contribution in [0.2, 0.25) is 0 Å². The number of thiophene rings is 1. The number of benzene rings is 2. The first kappa shape index (κ1) is 25.5. The first-order valence-corrected chi connectivity index (χ1v) is 10.9. The Kier molecular flexibility index (Phi) is 7.20. The topological polar surface area (TPSA) is 102 Å². The van der Waals surface area contributed by atoms with Crippen molar-refractivity contribution in [2.75, 3.05) is 7.11 Å². The van der Waals surface area contributed by atoms with Crippen LogP contribution in [0.4, 0.5) is 17.6 Å². The fourth-order valence-electron chi connectivity index (χ4n) is 3.49. The number of hydrogen-bond donors (Lipinski definition) is 3. The van der Waals surface area contributed by atoms with Gasteiger partial charge in [-0.15, -0.1) is 11.3 Å². The van der Waals surface area contributed by atoms with E-state index in [1.807, 2.05) is 0 Å². The molecular formula is C23H23F4N3O3S. The first-order chi connectivity index (χ1) is 15.9. The number of methoxy groups -OCH3 is 1. The largest absolute Gasteiger partial charge is 0.465 e. The van der Waals surface area contributed by atoms with Crippen LogP contribution >= 0.6 is 11.3 Å². The summed E-state index contributed by atoms with van der Waals surface area (Å²) in [6, 6.07) is 10.9. The summed E-state index contributed by atoms with van der Waals surface area (Å²) in [5.41, 5.74) is 3.35. The van der Waals surface area contributed by atoms with Gasteiger partial charge in [0, 0.05) is 21.8 Å². The molecule has 0 fully saturated rings. The maximum Gasteiger partial charge on any atom is 0.422 e. The summed E-state index contributed by atoms with van der Waals surface area (Å²) in [6.07, 6.45) is -4.78. The molecule has 1 atom stereocenters. The predicted octanol–water partition coefficient (Wildman–Crippen LogP) is 4.67. The molecule has 3 rings (SSSR count). The van der Waals surface area contributed by atoms with Crippen molar-refractivity contribution in [3.05, 3.63) is 70.6 Å². The van der Waals surface area contributed by atoms with E-state index in [4.69, 9.17) is 16.3 Å². The second-order valence-corrected chi connectivity index (χ2v) is 8.66. The fraction of sp³-hybridized carbons (Fsp3) is 0.261. The van der Waals surface area contributed by atoms with Crippen molar-refractivity contribution in [3.8, 4) is 11.1 Å². The lowest BCUT2D eigenvalue weighted by molar-refractivity contribution is -0.245. The van der Waals surface area contributed by atoms with Gasteiger partial charge in [-0.05, 0) is 35.7 Å². The first-order valence-electron chi connectivity index (χ1n) is 10.1. The van der Waals surface area contributed by atoms with E-state index in [0.29, 0.717) is 26.3 Å². The lowest BCUT2D eigenvalue weighted by Gasteiger charge is -2.30. The SMILES string of the molecule is CCC(O)(/C(N)=C/N(N)Cc1ccc2c(-c3ccc(F)cc3)c(C(=O)OC)sc2c1)C(F)(F)F. The number of nitrogens with zero attached hydrogens (tertiary/aromatic N) is 1. The summed E-state index contributed by atoms with van der Waals surface area (Å²) in [5.74, 6) is 4.88. The number of hydrazine groups is 1. The van der Waals surface area contributed by atoms with Crippen LogP contribution in [0.25, 0.3) is 21.2 Å². The number of carbonyl (C=O) groups excluding carboxylic acids is 1. The van der Waals surface area contributed by atoms with Crippen molar-refractivity contribution in [3.63, 3.8) is 0 Å². The summed E-state index contributed by atoms with van der Waals surface area (Å²) < 4.78 is 58.6. The number of halogens is 4. The number of aliphatic hydroxyl groups is 1. The molecule has 0 aliphatic rings. The third-order valence-corrected chi connectivity index (χ3v) is 6.52. The van der Waals surface area contributed by atoms with Gasteiger partial charge in [-0.25, -0.2) is 15.0 Å². The molecule has 0 radical (unpaired) electrons. The van der Waals surface area contributed by atoms with E-state index in [-0.39, 0.29) is 6.54 Å². The second kappa shape index (κ2) is 9.61. The van der Waals surface area contributed by atoms with Crippen molar-refractivity contribution < 1.29 is 32.2 Å². The Labute approximate surface area is 197 Å². The van der Waals surface area contributed by atoms with Gasteiger partial charge in [-0.3, -0.25) is 0 Å². The van der Waals surface area contributed by atoms with E-state index in [9.17, 15) is 27.5 Å². The molecular weight excluding hydrogens is 474 g/mol. The molecule has 2 aromatic carbocycles. The number of esters is 1. The van der Waals surface area contributed by atoms with Gasteiger partial charge in [0.2, 0.25) is 5.60 Å². The van der Waals surface area contributed by atoms with Crippen LogP contribution in [-0.4, -0.2) is 35.0 Å². The van der Waals surface area contributed by atoms with Gasteiger partial charge in [-0.1, -0.05) is 31.2 Å². The molecule has 0 amide bonds.